The molecule has 0 saturated heterocycles. The third-order valence-electron chi connectivity index (χ3n) is 6.82. The summed E-state index contributed by atoms with van der Waals surface area (Å²) in [5.74, 6) is 1.73. The fourth-order valence-corrected chi connectivity index (χ4v) is 5.32. The quantitative estimate of drug-likeness (QED) is 0.342. The highest BCUT2D eigenvalue weighted by Crippen LogP contribution is 2.45. The first-order valence-corrected chi connectivity index (χ1v) is 11.3. The topological polar surface area (TPSA) is 9.23 Å². The molecule has 0 spiro atoms. The molecule has 27 heavy (non-hydrogen) atoms. The Morgan fingerprint density at radius 2 is 1.56 bits per heavy atom. The van der Waals surface area contributed by atoms with E-state index in [0.717, 1.165) is 56.2 Å². The Balaban J connectivity index is 1.55. The Bertz CT molecular complexity index is 590. The summed E-state index contributed by atoms with van der Waals surface area (Å²) in [6.45, 7) is 2.48. The van der Waals surface area contributed by atoms with E-state index in [1.54, 1.807) is 12.1 Å². The Labute approximate surface area is 167 Å². The molecule has 4 heteroatoms. The second-order valence-electron chi connectivity index (χ2n) is 8.53. The summed E-state index contributed by atoms with van der Waals surface area (Å²) in [6.07, 6.45) is 11.1. The van der Waals surface area contributed by atoms with Crippen LogP contribution in [0.25, 0.3) is 0 Å². The number of benzene rings is 1. The van der Waals surface area contributed by atoms with Crippen LogP contribution in [0, 0.1) is 29.4 Å². The van der Waals surface area contributed by atoms with Crippen molar-refractivity contribution in [2.75, 3.05) is 12.5 Å². The lowest BCUT2D eigenvalue weighted by molar-refractivity contribution is 0.165. The number of ether oxygens (including phenoxy) is 1. The maximum absolute atomic E-state index is 14.6. The number of rotatable bonds is 7. The fraction of sp³-hybridized carbons (Fsp3) is 0.739. The van der Waals surface area contributed by atoms with Crippen molar-refractivity contribution in [1.82, 2.24) is 0 Å². The SMILES string of the molecule is CCCCOc1ccc([C@H]2CC[C@H]([C@H]3CC[C@H](CCl)CC3)CC2)c(F)c1F. The van der Waals surface area contributed by atoms with Crippen LogP contribution in [0.1, 0.15) is 82.6 Å². The highest BCUT2D eigenvalue weighted by Gasteiger charge is 2.32. The van der Waals surface area contributed by atoms with Gasteiger partial charge in [-0.25, -0.2) is 4.39 Å². The summed E-state index contributed by atoms with van der Waals surface area (Å²) in [5.41, 5.74) is 0.541. The van der Waals surface area contributed by atoms with Crippen LogP contribution in [-0.2, 0) is 0 Å². The van der Waals surface area contributed by atoms with Crippen LogP contribution in [0.3, 0.4) is 0 Å². The molecule has 0 amide bonds. The number of hydrogen-bond donors (Lipinski definition) is 0. The van der Waals surface area contributed by atoms with Gasteiger partial charge in [-0.2, -0.15) is 4.39 Å². The van der Waals surface area contributed by atoms with Gasteiger partial charge in [0.15, 0.2) is 11.6 Å². The van der Waals surface area contributed by atoms with Crippen molar-refractivity contribution in [3.8, 4) is 5.75 Å². The van der Waals surface area contributed by atoms with E-state index in [-0.39, 0.29) is 11.7 Å². The standard InChI is InChI=1S/C23H33ClF2O/c1-2-3-14-27-21-13-12-20(22(25)23(21)26)19-10-8-18(9-11-19)17-6-4-16(15-24)5-7-17/h12-13,16-19H,2-11,14-15H2,1H3/t16-,17-,18-,19-. The maximum atomic E-state index is 14.6. The molecular weight excluding hydrogens is 366 g/mol. The summed E-state index contributed by atoms with van der Waals surface area (Å²) in [5, 5.41) is 0. The Morgan fingerprint density at radius 1 is 0.926 bits per heavy atom. The first kappa shape index (κ1) is 20.9. The average Bonchev–Trinajstić information content (AvgIpc) is 2.72. The molecule has 3 rings (SSSR count). The van der Waals surface area contributed by atoms with E-state index < -0.39 is 11.6 Å². The van der Waals surface area contributed by atoms with Crippen LogP contribution in [-0.4, -0.2) is 12.5 Å². The van der Waals surface area contributed by atoms with E-state index in [4.69, 9.17) is 16.3 Å². The van der Waals surface area contributed by atoms with Crippen molar-refractivity contribution >= 4 is 11.6 Å². The molecule has 0 bridgehead atoms. The molecular formula is C23H33ClF2O. The molecule has 2 aliphatic rings. The Morgan fingerprint density at radius 3 is 2.15 bits per heavy atom. The third-order valence-corrected chi connectivity index (χ3v) is 7.26. The largest absolute Gasteiger partial charge is 0.490 e. The van der Waals surface area contributed by atoms with Crippen LogP contribution in [0.4, 0.5) is 8.78 Å². The molecule has 0 unspecified atom stereocenters. The van der Waals surface area contributed by atoms with E-state index >= 15 is 0 Å². The fourth-order valence-electron chi connectivity index (χ4n) is 5.02. The third kappa shape index (κ3) is 5.16. The molecule has 2 aliphatic carbocycles. The van der Waals surface area contributed by atoms with Crippen LogP contribution < -0.4 is 4.74 Å². The minimum absolute atomic E-state index is 0.0504. The highest BCUT2D eigenvalue weighted by molar-refractivity contribution is 6.18. The summed E-state index contributed by atoms with van der Waals surface area (Å²) in [4.78, 5) is 0. The number of hydrogen-bond acceptors (Lipinski definition) is 1. The lowest BCUT2D eigenvalue weighted by atomic mass is 9.68. The van der Waals surface area contributed by atoms with Gasteiger partial charge in [0.25, 0.3) is 0 Å². The van der Waals surface area contributed by atoms with Crippen LogP contribution >= 0.6 is 11.6 Å². The van der Waals surface area contributed by atoms with Gasteiger partial charge in [-0.1, -0.05) is 19.4 Å². The first-order chi connectivity index (χ1) is 13.1. The zero-order valence-corrected chi connectivity index (χ0v) is 17.2. The second-order valence-corrected chi connectivity index (χ2v) is 8.84. The van der Waals surface area contributed by atoms with E-state index in [0.29, 0.717) is 18.1 Å². The van der Waals surface area contributed by atoms with Crippen molar-refractivity contribution in [3.05, 3.63) is 29.3 Å². The Hall–Kier alpha value is -0.830. The van der Waals surface area contributed by atoms with Gasteiger partial charge in [-0.05, 0) is 93.1 Å². The molecule has 152 valence electrons. The van der Waals surface area contributed by atoms with E-state index in [9.17, 15) is 8.78 Å². The van der Waals surface area contributed by atoms with Crippen molar-refractivity contribution in [2.45, 2.75) is 77.0 Å². The summed E-state index contributed by atoms with van der Waals surface area (Å²) in [6, 6.07) is 3.36. The number of unbranched alkanes of at least 4 members (excludes halogenated alkanes) is 1. The molecule has 0 heterocycles. The van der Waals surface area contributed by atoms with Crippen LogP contribution in [0.15, 0.2) is 12.1 Å². The van der Waals surface area contributed by atoms with Crippen LogP contribution in [0.2, 0.25) is 0 Å². The molecule has 1 aromatic carbocycles. The van der Waals surface area contributed by atoms with Crippen molar-refractivity contribution < 1.29 is 13.5 Å². The van der Waals surface area contributed by atoms with Crippen molar-refractivity contribution in [2.24, 2.45) is 17.8 Å². The van der Waals surface area contributed by atoms with Gasteiger partial charge in [0.05, 0.1) is 6.61 Å². The zero-order valence-electron chi connectivity index (χ0n) is 16.5. The highest BCUT2D eigenvalue weighted by atomic mass is 35.5. The van der Waals surface area contributed by atoms with Gasteiger partial charge in [0.2, 0.25) is 5.82 Å². The smallest absolute Gasteiger partial charge is 0.200 e. The van der Waals surface area contributed by atoms with Crippen LogP contribution in [0.5, 0.6) is 5.75 Å². The summed E-state index contributed by atoms with van der Waals surface area (Å²) >= 11 is 6.00. The summed E-state index contributed by atoms with van der Waals surface area (Å²) in [7, 11) is 0. The monoisotopic (exact) mass is 398 g/mol. The molecule has 0 N–H and O–H groups in total. The molecule has 0 radical (unpaired) electrons. The van der Waals surface area contributed by atoms with Gasteiger partial charge < -0.3 is 4.74 Å². The second kappa shape index (κ2) is 10.1. The number of alkyl halides is 1. The van der Waals surface area contributed by atoms with E-state index in [2.05, 4.69) is 0 Å². The van der Waals surface area contributed by atoms with E-state index in [1.807, 2.05) is 6.92 Å². The van der Waals surface area contributed by atoms with Gasteiger partial charge in [-0.3, -0.25) is 0 Å². The zero-order chi connectivity index (χ0) is 19.2. The number of halogens is 3. The minimum atomic E-state index is -0.815. The van der Waals surface area contributed by atoms with Gasteiger partial charge in [-0.15, -0.1) is 11.6 Å². The van der Waals surface area contributed by atoms with Crippen molar-refractivity contribution in [1.29, 1.82) is 0 Å². The molecule has 0 atom stereocenters. The molecule has 2 saturated carbocycles. The molecule has 2 fully saturated rings. The Kier molecular flexibility index (Phi) is 7.81. The minimum Gasteiger partial charge on any atom is -0.490 e. The van der Waals surface area contributed by atoms with Gasteiger partial charge in [0, 0.05) is 5.88 Å². The lowest BCUT2D eigenvalue weighted by Gasteiger charge is -2.37. The van der Waals surface area contributed by atoms with Crippen molar-refractivity contribution in [3.63, 3.8) is 0 Å². The lowest BCUT2D eigenvalue weighted by Crippen LogP contribution is -2.26. The van der Waals surface area contributed by atoms with Gasteiger partial charge >= 0.3 is 0 Å². The average molecular weight is 399 g/mol. The predicted molar refractivity (Wildman–Crippen MR) is 108 cm³/mol. The van der Waals surface area contributed by atoms with E-state index in [1.165, 1.54) is 25.7 Å². The molecule has 1 nitrogen and oxygen atoms in total. The predicted octanol–water partition coefficient (Wildman–Crippen LogP) is 7.46. The normalized spacial score (nSPS) is 28.9. The maximum Gasteiger partial charge on any atom is 0.200 e. The first-order valence-electron chi connectivity index (χ1n) is 10.8. The molecule has 1 aromatic rings. The summed E-state index contributed by atoms with van der Waals surface area (Å²) < 4.78 is 34.4. The molecule has 0 aromatic heterocycles. The molecule has 0 aliphatic heterocycles. The van der Waals surface area contributed by atoms with Gasteiger partial charge in [0.1, 0.15) is 0 Å².